The van der Waals surface area contributed by atoms with Gasteiger partial charge in [0.1, 0.15) is 12.4 Å². The third-order valence-corrected chi connectivity index (χ3v) is 3.24. The number of halogens is 5. The molecule has 0 radical (unpaired) electrons. The van der Waals surface area contributed by atoms with Crippen LogP contribution in [0.3, 0.4) is 0 Å². The Hall–Kier alpha value is -0.660. The van der Waals surface area contributed by atoms with E-state index >= 15 is 0 Å². The number of rotatable bonds is 7. The summed E-state index contributed by atoms with van der Waals surface area (Å²) in [5.74, 6) is -0.408. The first kappa shape index (κ1) is 17.4. The van der Waals surface area contributed by atoms with Crippen molar-refractivity contribution in [3.8, 4) is 0 Å². The number of hydrogen-bond acceptors (Lipinski definition) is 2. The van der Waals surface area contributed by atoms with E-state index in [1.807, 2.05) is 6.92 Å². The molecule has 0 heterocycles. The lowest BCUT2D eigenvalue weighted by atomic mass is 10.0. The van der Waals surface area contributed by atoms with Gasteiger partial charge >= 0.3 is 6.18 Å². The van der Waals surface area contributed by atoms with E-state index in [1.165, 1.54) is 0 Å². The second kappa shape index (κ2) is 7.95. The van der Waals surface area contributed by atoms with Crippen molar-refractivity contribution in [2.24, 2.45) is 0 Å². The molecule has 20 heavy (non-hydrogen) atoms. The van der Waals surface area contributed by atoms with E-state index in [0.29, 0.717) is 16.6 Å². The summed E-state index contributed by atoms with van der Waals surface area (Å²) in [6.45, 7) is 1.05. The maximum Gasteiger partial charge on any atom is 0.411 e. The summed E-state index contributed by atoms with van der Waals surface area (Å²) >= 11 is 3.09. The molecule has 1 N–H and O–H groups in total. The quantitative estimate of drug-likeness (QED) is 0.583. The van der Waals surface area contributed by atoms with Crippen molar-refractivity contribution in [1.82, 2.24) is 5.32 Å². The van der Waals surface area contributed by atoms with Gasteiger partial charge in [-0.1, -0.05) is 19.1 Å². The summed E-state index contributed by atoms with van der Waals surface area (Å²) in [6.07, 6.45) is -4.08. The van der Waals surface area contributed by atoms with E-state index in [9.17, 15) is 17.6 Å². The first-order chi connectivity index (χ1) is 9.35. The summed E-state index contributed by atoms with van der Waals surface area (Å²) in [6, 6.07) is 4.48. The summed E-state index contributed by atoms with van der Waals surface area (Å²) < 4.78 is 54.7. The highest BCUT2D eigenvalue weighted by atomic mass is 79.9. The highest BCUT2D eigenvalue weighted by Gasteiger charge is 2.27. The van der Waals surface area contributed by atoms with Gasteiger partial charge in [0.15, 0.2) is 0 Å². The topological polar surface area (TPSA) is 21.3 Å². The lowest BCUT2D eigenvalue weighted by molar-refractivity contribution is -0.174. The monoisotopic (exact) mass is 357 g/mol. The van der Waals surface area contributed by atoms with Gasteiger partial charge in [-0.05, 0) is 35.0 Å². The van der Waals surface area contributed by atoms with Crippen molar-refractivity contribution >= 4 is 15.9 Å². The fourth-order valence-electron chi connectivity index (χ4n) is 1.79. The van der Waals surface area contributed by atoms with Crippen LogP contribution in [0.25, 0.3) is 0 Å². The molecule has 0 fully saturated rings. The van der Waals surface area contributed by atoms with Crippen molar-refractivity contribution in [3.05, 3.63) is 34.1 Å². The zero-order valence-corrected chi connectivity index (χ0v) is 12.5. The van der Waals surface area contributed by atoms with Crippen LogP contribution in [-0.4, -0.2) is 25.9 Å². The molecule has 114 valence electrons. The standard InChI is InChI=1S/C13H16BrF4NO/c1-2-19-11(6-7-20-8-13(16,17)18)9-4-3-5-10(14)12(9)15/h3-5,11,19H,2,6-8H2,1H3. The Labute approximate surface area is 123 Å². The van der Waals surface area contributed by atoms with Gasteiger partial charge in [-0.2, -0.15) is 13.2 Å². The second-order valence-electron chi connectivity index (χ2n) is 4.21. The lowest BCUT2D eigenvalue weighted by Crippen LogP contribution is -2.25. The zero-order valence-electron chi connectivity index (χ0n) is 10.9. The minimum Gasteiger partial charge on any atom is -0.372 e. The predicted molar refractivity (Wildman–Crippen MR) is 72.0 cm³/mol. The van der Waals surface area contributed by atoms with Crippen LogP contribution >= 0.6 is 15.9 Å². The maximum absolute atomic E-state index is 14.0. The van der Waals surface area contributed by atoms with Crippen molar-refractivity contribution < 1.29 is 22.3 Å². The van der Waals surface area contributed by atoms with E-state index in [2.05, 4.69) is 26.0 Å². The summed E-state index contributed by atoms with van der Waals surface area (Å²) in [5, 5.41) is 3.04. The molecular formula is C13H16BrF4NO. The molecule has 1 aromatic carbocycles. The Bertz CT molecular complexity index is 425. The molecular weight excluding hydrogens is 342 g/mol. The fraction of sp³-hybridized carbons (Fsp3) is 0.538. The number of benzene rings is 1. The minimum atomic E-state index is -4.34. The normalized spacial score (nSPS) is 13.5. The molecule has 0 aliphatic heterocycles. The van der Waals surface area contributed by atoms with Gasteiger partial charge in [-0.3, -0.25) is 0 Å². The Kier molecular flexibility index (Phi) is 6.91. The van der Waals surface area contributed by atoms with Crippen LogP contribution in [0.2, 0.25) is 0 Å². The first-order valence-corrected chi connectivity index (χ1v) is 6.96. The van der Waals surface area contributed by atoms with Crippen molar-refractivity contribution in [3.63, 3.8) is 0 Å². The van der Waals surface area contributed by atoms with Gasteiger partial charge in [-0.25, -0.2) is 4.39 Å². The maximum atomic E-state index is 14.0. The predicted octanol–water partition coefficient (Wildman–Crippen LogP) is 4.21. The third kappa shape index (κ3) is 5.76. The van der Waals surface area contributed by atoms with Crippen molar-refractivity contribution in [1.29, 1.82) is 0 Å². The van der Waals surface area contributed by atoms with Crippen LogP contribution in [0, 0.1) is 5.82 Å². The number of alkyl halides is 3. The van der Waals surface area contributed by atoms with Crippen LogP contribution in [-0.2, 0) is 4.74 Å². The summed E-state index contributed by atoms with van der Waals surface area (Å²) in [4.78, 5) is 0. The van der Waals surface area contributed by atoms with Gasteiger partial charge in [0, 0.05) is 18.2 Å². The highest BCUT2D eigenvalue weighted by molar-refractivity contribution is 9.10. The molecule has 1 aromatic rings. The van der Waals surface area contributed by atoms with Gasteiger partial charge in [0.2, 0.25) is 0 Å². The average Bonchev–Trinajstić information content (AvgIpc) is 2.35. The molecule has 2 nitrogen and oxygen atoms in total. The summed E-state index contributed by atoms with van der Waals surface area (Å²) in [5.41, 5.74) is 0.414. The SMILES string of the molecule is CCNC(CCOCC(F)(F)F)c1cccc(Br)c1F. The molecule has 0 saturated carbocycles. The Morgan fingerprint density at radius 2 is 2.05 bits per heavy atom. The molecule has 0 aliphatic rings. The number of ether oxygens (including phenoxy) is 1. The summed E-state index contributed by atoms with van der Waals surface area (Å²) in [7, 11) is 0. The Balaban J connectivity index is 2.63. The molecule has 0 saturated heterocycles. The van der Waals surface area contributed by atoms with E-state index in [0.717, 1.165) is 0 Å². The van der Waals surface area contributed by atoms with E-state index in [-0.39, 0.29) is 19.1 Å². The largest absolute Gasteiger partial charge is 0.411 e. The molecule has 1 atom stereocenters. The molecule has 0 aromatic heterocycles. The molecule has 1 unspecified atom stereocenters. The Morgan fingerprint density at radius 3 is 2.65 bits per heavy atom. The van der Waals surface area contributed by atoms with Crippen molar-refractivity contribution in [2.75, 3.05) is 19.8 Å². The van der Waals surface area contributed by atoms with Crippen LogP contribution in [0.4, 0.5) is 17.6 Å². The molecule has 0 bridgehead atoms. The molecule has 1 rings (SSSR count). The number of hydrogen-bond donors (Lipinski definition) is 1. The van der Waals surface area contributed by atoms with Crippen LogP contribution in [0.15, 0.2) is 22.7 Å². The van der Waals surface area contributed by atoms with Gasteiger partial charge in [-0.15, -0.1) is 0 Å². The smallest absolute Gasteiger partial charge is 0.372 e. The van der Waals surface area contributed by atoms with Crippen molar-refractivity contribution in [2.45, 2.75) is 25.6 Å². The average molecular weight is 358 g/mol. The first-order valence-electron chi connectivity index (χ1n) is 6.17. The molecule has 0 spiro atoms. The zero-order chi connectivity index (χ0) is 15.2. The van der Waals surface area contributed by atoms with Crippen LogP contribution in [0.1, 0.15) is 24.9 Å². The van der Waals surface area contributed by atoms with E-state index < -0.39 is 18.6 Å². The fourth-order valence-corrected chi connectivity index (χ4v) is 2.17. The van der Waals surface area contributed by atoms with Gasteiger partial charge in [0.25, 0.3) is 0 Å². The minimum absolute atomic E-state index is 0.0941. The van der Waals surface area contributed by atoms with E-state index in [1.54, 1.807) is 18.2 Å². The molecule has 7 heteroatoms. The second-order valence-corrected chi connectivity index (χ2v) is 5.06. The van der Waals surface area contributed by atoms with Gasteiger partial charge in [0.05, 0.1) is 4.47 Å². The molecule has 0 aliphatic carbocycles. The van der Waals surface area contributed by atoms with Crippen LogP contribution < -0.4 is 5.32 Å². The number of nitrogens with one attached hydrogen (secondary N) is 1. The third-order valence-electron chi connectivity index (χ3n) is 2.62. The Morgan fingerprint density at radius 1 is 1.35 bits per heavy atom. The molecule has 0 amide bonds. The van der Waals surface area contributed by atoms with Gasteiger partial charge < -0.3 is 10.1 Å². The van der Waals surface area contributed by atoms with Crippen LogP contribution in [0.5, 0.6) is 0 Å². The van der Waals surface area contributed by atoms with E-state index in [4.69, 9.17) is 0 Å². The highest BCUT2D eigenvalue weighted by Crippen LogP contribution is 2.26. The lowest BCUT2D eigenvalue weighted by Gasteiger charge is -2.19.